The van der Waals surface area contributed by atoms with E-state index in [0.29, 0.717) is 37.5 Å². The van der Waals surface area contributed by atoms with Gasteiger partial charge in [0, 0.05) is 38.8 Å². The number of amides is 1. The molecule has 4 rings (SSSR count). The van der Waals surface area contributed by atoms with Crippen molar-refractivity contribution in [3.63, 3.8) is 0 Å². The smallest absolute Gasteiger partial charge is 0.336 e. The number of imidazole rings is 1. The molecule has 3 aromatic heterocycles. The van der Waals surface area contributed by atoms with Crippen molar-refractivity contribution in [1.29, 1.82) is 0 Å². The molecule has 0 unspecified atom stereocenters. The highest BCUT2D eigenvalue weighted by molar-refractivity contribution is 5.78. The zero-order valence-corrected chi connectivity index (χ0v) is 22.4. The van der Waals surface area contributed by atoms with Gasteiger partial charge in [-0.15, -0.1) is 5.10 Å². The Morgan fingerprint density at radius 1 is 1.16 bits per heavy atom. The minimum absolute atomic E-state index is 0.00549. The molecule has 200 valence electrons. The van der Waals surface area contributed by atoms with Gasteiger partial charge in [0.15, 0.2) is 11.5 Å². The molecule has 3 N–H and O–H groups in total. The third-order valence-corrected chi connectivity index (χ3v) is 6.57. The van der Waals surface area contributed by atoms with Crippen molar-refractivity contribution in [3.8, 4) is 6.01 Å². The molecule has 3 aromatic rings. The Morgan fingerprint density at radius 3 is 2.65 bits per heavy atom. The summed E-state index contributed by atoms with van der Waals surface area (Å²) in [5, 5.41) is 7.74. The van der Waals surface area contributed by atoms with Crippen LogP contribution in [0.15, 0.2) is 18.5 Å². The summed E-state index contributed by atoms with van der Waals surface area (Å²) in [6, 6.07) is 2.41. The maximum atomic E-state index is 12.4. The molecular formula is C26H39N9O2. The summed E-state index contributed by atoms with van der Waals surface area (Å²) in [6.45, 7) is 12.5. The highest BCUT2D eigenvalue weighted by atomic mass is 16.5. The van der Waals surface area contributed by atoms with E-state index in [1.165, 1.54) is 0 Å². The number of hydrogen-bond donors (Lipinski definition) is 2. The van der Waals surface area contributed by atoms with Gasteiger partial charge in [-0.3, -0.25) is 4.79 Å². The van der Waals surface area contributed by atoms with Crippen molar-refractivity contribution < 1.29 is 9.53 Å². The van der Waals surface area contributed by atoms with E-state index < -0.39 is 0 Å². The molecule has 0 spiro atoms. The second kappa shape index (κ2) is 12.2. The van der Waals surface area contributed by atoms with Gasteiger partial charge in [-0.1, -0.05) is 26.3 Å². The number of rotatable bonds is 11. The van der Waals surface area contributed by atoms with Gasteiger partial charge in [0.05, 0.1) is 24.5 Å². The summed E-state index contributed by atoms with van der Waals surface area (Å²) in [5.74, 6) is 1.42. The lowest BCUT2D eigenvalue weighted by Gasteiger charge is -2.36. The highest BCUT2D eigenvalue weighted by Gasteiger charge is 2.23. The van der Waals surface area contributed by atoms with E-state index in [1.807, 2.05) is 18.0 Å². The molecule has 4 heterocycles. The second-order valence-corrected chi connectivity index (χ2v) is 9.69. The lowest BCUT2D eigenvalue weighted by atomic mass is 10.1. The summed E-state index contributed by atoms with van der Waals surface area (Å²) in [6.07, 6.45) is 7.23. The molecule has 1 fully saturated rings. The maximum absolute atomic E-state index is 12.4. The van der Waals surface area contributed by atoms with Crippen molar-refractivity contribution in [1.82, 2.24) is 34.8 Å². The van der Waals surface area contributed by atoms with E-state index in [4.69, 9.17) is 15.5 Å². The third-order valence-electron chi connectivity index (χ3n) is 6.57. The molecule has 0 aromatic carbocycles. The number of nitrogens with one attached hydrogen (secondary N) is 1. The topological polar surface area (TPSA) is 127 Å². The number of pyridine rings is 1. The Balaban J connectivity index is 1.42. The zero-order valence-electron chi connectivity index (χ0n) is 22.4. The van der Waals surface area contributed by atoms with Crippen molar-refractivity contribution in [2.24, 2.45) is 0 Å². The minimum Gasteiger partial charge on any atom is -0.459 e. The van der Waals surface area contributed by atoms with E-state index >= 15 is 0 Å². The summed E-state index contributed by atoms with van der Waals surface area (Å²) >= 11 is 0. The number of piperazine rings is 1. The molecule has 1 aliphatic heterocycles. The highest BCUT2D eigenvalue weighted by Crippen LogP contribution is 2.22. The molecule has 1 atom stereocenters. The van der Waals surface area contributed by atoms with Gasteiger partial charge in [-0.05, 0) is 44.4 Å². The van der Waals surface area contributed by atoms with Crippen LogP contribution in [0, 0.1) is 6.92 Å². The van der Waals surface area contributed by atoms with E-state index in [-0.39, 0.29) is 18.0 Å². The first-order valence-electron chi connectivity index (χ1n) is 13.2. The van der Waals surface area contributed by atoms with Crippen LogP contribution in [0.1, 0.15) is 56.9 Å². The summed E-state index contributed by atoms with van der Waals surface area (Å²) in [7, 11) is 0. The van der Waals surface area contributed by atoms with Crippen LogP contribution in [0.3, 0.4) is 0 Å². The quantitative estimate of drug-likeness (QED) is 0.374. The number of ether oxygens (including phenoxy) is 1. The molecule has 1 amide bonds. The summed E-state index contributed by atoms with van der Waals surface area (Å²) in [4.78, 5) is 30.1. The number of nitrogen functional groups attached to an aromatic ring is 1. The number of aromatic nitrogens is 5. The first-order valence-corrected chi connectivity index (χ1v) is 13.2. The standard InChI is InChI=1S/C26H39N9O2/c1-5-7-19(4)37-26-31-23(27)25-30-16-21(35(25)32-26)14-20-13-18(3)24(29-15-20)34-11-9-33(10-12-34)22(36)17-28-8-6-2/h13,15-16,19,28H,5-12,14,17H2,1-4H3,(H2,27,31,32)/t19-/m0/s1. The van der Waals surface area contributed by atoms with Crippen LogP contribution in [-0.2, 0) is 11.2 Å². The van der Waals surface area contributed by atoms with Gasteiger partial charge in [0.25, 0.3) is 0 Å². The third kappa shape index (κ3) is 6.46. The lowest BCUT2D eigenvalue weighted by molar-refractivity contribution is -0.130. The molecule has 11 heteroatoms. The number of carbonyl (C=O) groups excluding carboxylic acids is 1. The van der Waals surface area contributed by atoms with Crippen LogP contribution < -0.4 is 20.7 Å². The van der Waals surface area contributed by atoms with Gasteiger partial charge in [-0.2, -0.15) is 4.98 Å². The molecule has 0 bridgehead atoms. The Kier molecular flexibility index (Phi) is 8.75. The van der Waals surface area contributed by atoms with Gasteiger partial charge in [-0.25, -0.2) is 14.5 Å². The van der Waals surface area contributed by atoms with Crippen molar-refractivity contribution in [3.05, 3.63) is 35.3 Å². The maximum Gasteiger partial charge on any atom is 0.336 e. The molecule has 37 heavy (non-hydrogen) atoms. The fourth-order valence-corrected chi connectivity index (χ4v) is 4.66. The van der Waals surface area contributed by atoms with Gasteiger partial charge in [0.1, 0.15) is 5.82 Å². The average molecular weight is 510 g/mol. The van der Waals surface area contributed by atoms with Gasteiger partial charge < -0.3 is 25.6 Å². The lowest BCUT2D eigenvalue weighted by Crippen LogP contribution is -2.51. The fourth-order valence-electron chi connectivity index (χ4n) is 4.66. The molecule has 1 saturated heterocycles. The summed E-state index contributed by atoms with van der Waals surface area (Å²) in [5.41, 5.74) is 9.69. The fraction of sp³-hybridized carbons (Fsp3) is 0.577. The van der Waals surface area contributed by atoms with Gasteiger partial charge >= 0.3 is 6.01 Å². The van der Waals surface area contributed by atoms with E-state index in [9.17, 15) is 4.79 Å². The van der Waals surface area contributed by atoms with Crippen molar-refractivity contribution in [2.45, 2.75) is 59.5 Å². The Hall–Kier alpha value is -3.47. The van der Waals surface area contributed by atoms with Crippen LogP contribution in [-0.4, -0.2) is 80.7 Å². The number of fused-ring (bicyclic) bond motifs is 1. The molecule has 0 saturated carbocycles. The molecule has 1 aliphatic rings. The molecule has 0 aliphatic carbocycles. The van der Waals surface area contributed by atoms with Crippen LogP contribution in [0.25, 0.3) is 5.65 Å². The van der Waals surface area contributed by atoms with E-state index in [2.05, 4.69) is 52.1 Å². The monoisotopic (exact) mass is 509 g/mol. The summed E-state index contributed by atoms with van der Waals surface area (Å²) < 4.78 is 7.58. The first-order chi connectivity index (χ1) is 17.9. The molecule has 11 nitrogen and oxygen atoms in total. The predicted molar refractivity (Wildman–Crippen MR) is 144 cm³/mol. The first kappa shape index (κ1) is 26.6. The second-order valence-electron chi connectivity index (χ2n) is 9.69. The van der Waals surface area contributed by atoms with Crippen molar-refractivity contribution >= 4 is 23.2 Å². The number of nitrogens with two attached hydrogens (primary N) is 1. The Bertz CT molecular complexity index is 1200. The van der Waals surface area contributed by atoms with Gasteiger partial charge in [0.2, 0.25) is 5.91 Å². The van der Waals surface area contributed by atoms with Crippen LogP contribution in [0.2, 0.25) is 0 Å². The predicted octanol–water partition coefficient (Wildman–Crippen LogP) is 2.22. The largest absolute Gasteiger partial charge is 0.459 e. The van der Waals surface area contributed by atoms with E-state index in [0.717, 1.165) is 61.5 Å². The number of hydrogen-bond acceptors (Lipinski definition) is 9. The number of carbonyl (C=O) groups is 1. The van der Waals surface area contributed by atoms with E-state index in [1.54, 1.807) is 10.7 Å². The van der Waals surface area contributed by atoms with Crippen LogP contribution in [0.5, 0.6) is 6.01 Å². The number of nitrogens with zero attached hydrogens (tertiary/aromatic N) is 7. The Labute approximate surface area is 218 Å². The zero-order chi connectivity index (χ0) is 26.4. The SMILES string of the molecule is CCCNCC(=O)N1CCN(c2ncc(Cc3cnc4c(N)nc(O[C@@H](C)CCC)nn34)cc2C)CC1. The average Bonchev–Trinajstić information content (AvgIpc) is 3.27. The molecule has 0 radical (unpaired) electrons. The number of aryl methyl sites for hydroxylation is 1. The number of anilines is 2. The Morgan fingerprint density at radius 2 is 1.95 bits per heavy atom. The minimum atomic E-state index is 0.00549. The normalized spacial score (nSPS) is 14.8. The van der Waals surface area contributed by atoms with Crippen molar-refractivity contribution in [2.75, 3.05) is 49.9 Å². The molecular weight excluding hydrogens is 470 g/mol. The van der Waals surface area contributed by atoms with Crippen LogP contribution in [0.4, 0.5) is 11.6 Å². The van der Waals surface area contributed by atoms with Crippen LogP contribution >= 0.6 is 0 Å².